The van der Waals surface area contributed by atoms with Crippen LogP contribution in [0.15, 0.2) is 83.8 Å². The van der Waals surface area contributed by atoms with Gasteiger partial charge >= 0.3 is 0 Å². The number of nitrogens with one attached hydrogen (secondary N) is 2. The molecule has 43 heavy (non-hydrogen) atoms. The van der Waals surface area contributed by atoms with Crippen LogP contribution in [0.4, 0.5) is 5.69 Å². The van der Waals surface area contributed by atoms with Gasteiger partial charge in [0.25, 0.3) is 11.6 Å². The number of aliphatic hydroxyl groups is 1. The van der Waals surface area contributed by atoms with Crippen LogP contribution in [0.2, 0.25) is 0 Å². The van der Waals surface area contributed by atoms with E-state index in [1.807, 2.05) is 45.0 Å². The van der Waals surface area contributed by atoms with Gasteiger partial charge in [0.1, 0.15) is 12.1 Å². The monoisotopic (exact) mass is 626 g/mol. The number of sulfonamides is 1. The van der Waals surface area contributed by atoms with Crippen LogP contribution in [0.25, 0.3) is 0 Å². The fourth-order valence-corrected chi connectivity index (χ4v) is 7.38. The van der Waals surface area contributed by atoms with Gasteiger partial charge in [-0.05, 0) is 49.9 Å². The summed E-state index contributed by atoms with van der Waals surface area (Å²) in [6, 6.07) is 18.5. The smallest absolute Gasteiger partial charge is 0.270 e. The standard InChI is InChI=1S/C30H34N4O7S2/c1-20-10-7-8-13-22(20)18-31-28(36)27-30(2,3)42-19-33(27)29(37)26(35)25(16-21-11-5-4-6-12-21)32-43(40,41)24-15-9-14-23(17-24)34(38)39/h4-15,17,25-27,32,35H,16,18-19H2,1-3H3,(H,31,36)/t25-,26-,27+/m0/s1. The SMILES string of the molecule is Cc1ccccc1CNC(=O)[C@H]1N(C(=O)[C@@H](O)[C@H](Cc2ccccc2)NS(=O)(=O)c2cccc([N+](=O)[O-])c2)CSC1(C)C. The maximum Gasteiger partial charge on any atom is 0.270 e. The summed E-state index contributed by atoms with van der Waals surface area (Å²) in [5.74, 6) is -1.09. The van der Waals surface area contributed by atoms with Crippen molar-refractivity contribution in [3.63, 3.8) is 0 Å². The fourth-order valence-electron chi connectivity index (χ4n) is 4.96. The highest BCUT2D eigenvalue weighted by molar-refractivity contribution is 8.00. The number of aryl methyl sites for hydroxylation is 1. The second kappa shape index (κ2) is 13.2. The summed E-state index contributed by atoms with van der Waals surface area (Å²) in [4.78, 5) is 38.7. The van der Waals surface area contributed by atoms with E-state index >= 15 is 0 Å². The summed E-state index contributed by atoms with van der Waals surface area (Å²) in [5, 5.41) is 25.5. The van der Waals surface area contributed by atoms with Crippen LogP contribution in [-0.2, 0) is 32.6 Å². The number of hydrogen-bond acceptors (Lipinski definition) is 8. The Balaban J connectivity index is 1.59. The Morgan fingerprint density at radius 3 is 2.44 bits per heavy atom. The molecule has 1 fully saturated rings. The molecule has 0 unspecified atom stereocenters. The third-order valence-electron chi connectivity index (χ3n) is 7.37. The van der Waals surface area contributed by atoms with Crippen LogP contribution in [0.5, 0.6) is 0 Å². The Morgan fingerprint density at radius 2 is 1.77 bits per heavy atom. The minimum absolute atomic E-state index is 0.0591. The van der Waals surface area contributed by atoms with E-state index in [0.717, 1.165) is 23.3 Å². The Hall–Kier alpha value is -3.78. The number of hydrogen-bond donors (Lipinski definition) is 3. The highest BCUT2D eigenvalue weighted by Gasteiger charge is 2.50. The van der Waals surface area contributed by atoms with Crippen molar-refractivity contribution in [1.82, 2.24) is 14.9 Å². The first-order valence-corrected chi connectivity index (χ1v) is 16.0. The number of amides is 2. The lowest BCUT2D eigenvalue weighted by atomic mass is 9.97. The van der Waals surface area contributed by atoms with Crippen LogP contribution < -0.4 is 10.0 Å². The van der Waals surface area contributed by atoms with Gasteiger partial charge in [0, 0.05) is 23.4 Å². The van der Waals surface area contributed by atoms with Gasteiger partial charge in [0.15, 0.2) is 0 Å². The lowest BCUT2D eigenvalue weighted by Gasteiger charge is -2.33. The quantitative estimate of drug-likeness (QED) is 0.216. The number of thioether (sulfide) groups is 1. The average molecular weight is 627 g/mol. The molecule has 1 heterocycles. The van der Waals surface area contributed by atoms with E-state index in [9.17, 15) is 33.2 Å². The largest absolute Gasteiger partial charge is 0.382 e. The summed E-state index contributed by atoms with van der Waals surface area (Å²) < 4.78 is 28.4. The number of non-ortho nitro benzene ring substituents is 1. The second-order valence-electron chi connectivity index (χ2n) is 10.8. The number of carbonyl (C=O) groups is 2. The van der Waals surface area contributed by atoms with Crippen LogP contribution >= 0.6 is 11.8 Å². The molecule has 13 heteroatoms. The predicted octanol–water partition coefficient (Wildman–Crippen LogP) is 3.15. The van der Waals surface area contributed by atoms with E-state index in [-0.39, 0.29) is 23.7 Å². The number of nitro benzene ring substituents is 1. The van der Waals surface area contributed by atoms with Crippen molar-refractivity contribution in [1.29, 1.82) is 0 Å². The van der Waals surface area contributed by atoms with Crippen LogP contribution in [0.1, 0.15) is 30.5 Å². The molecular weight excluding hydrogens is 592 g/mol. The number of aliphatic hydroxyl groups excluding tert-OH is 1. The zero-order valence-electron chi connectivity index (χ0n) is 24.0. The molecule has 3 N–H and O–H groups in total. The van der Waals surface area contributed by atoms with Crippen LogP contribution in [0, 0.1) is 17.0 Å². The predicted molar refractivity (Wildman–Crippen MR) is 164 cm³/mol. The number of carbonyl (C=O) groups excluding carboxylic acids is 2. The molecule has 4 rings (SSSR count). The minimum Gasteiger partial charge on any atom is -0.382 e. The van der Waals surface area contributed by atoms with E-state index in [4.69, 9.17) is 0 Å². The fraction of sp³-hybridized carbons (Fsp3) is 0.333. The van der Waals surface area contributed by atoms with Gasteiger partial charge in [-0.1, -0.05) is 60.7 Å². The Morgan fingerprint density at radius 1 is 1.09 bits per heavy atom. The van der Waals surface area contributed by atoms with Gasteiger partial charge in [0.2, 0.25) is 15.9 Å². The molecule has 1 aliphatic rings. The first-order valence-electron chi connectivity index (χ1n) is 13.6. The normalized spacial score (nSPS) is 17.7. The third kappa shape index (κ3) is 7.60. The van der Waals surface area contributed by atoms with E-state index in [1.54, 1.807) is 30.3 Å². The van der Waals surface area contributed by atoms with Crippen molar-refractivity contribution < 1.29 is 28.0 Å². The van der Waals surface area contributed by atoms with Crippen molar-refractivity contribution >= 4 is 39.3 Å². The van der Waals surface area contributed by atoms with Crippen molar-refractivity contribution in [2.24, 2.45) is 0 Å². The van der Waals surface area contributed by atoms with Crippen LogP contribution in [-0.4, -0.2) is 64.0 Å². The van der Waals surface area contributed by atoms with Crippen molar-refractivity contribution in [3.05, 3.63) is 106 Å². The van der Waals surface area contributed by atoms with Crippen LogP contribution in [0.3, 0.4) is 0 Å². The summed E-state index contributed by atoms with van der Waals surface area (Å²) in [6.07, 6.45) is -1.92. The first kappa shape index (κ1) is 32.1. The van der Waals surface area contributed by atoms with Gasteiger partial charge < -0.3 is 15.3 Å². The lowest BCUT2D eigenvalue weighted by Crippen LogP contribution is -2.58. The van der Waals surface area contributed by atoms with Gasteiger partial charge in [-0.2, -0.15) is 0 Å². The zero-order chi connectivity index (χ0) is 31.4. The van der Waals surface area contributed by atoms with E-state index < -0.39 is 55.4 Å². The summed E-state index contributed by atoms with van der Waals surface area (Å²) in [6.45, 7) is 5.86. The summed E-state index contributed by atoms with van der Waals surface area (Å²) >= 11 is 1.38. The number of nitrogens with zero attached hydrogens (tertiary/aromatic N) is 2. The number of benzene rings is 3. The Bertz CT molecular complexity index is 1600. The molecule has 1 aliphatic heterocycles. The number of rotatable bonds is 11. The van der Waals surface area contributed by atoms with E-state index in [1.165, 1.54) is 28.8 Å². The third-order valence-corrected chi connectivity index (χ3v) is 10.2. The van der Waals surface area contributed by atoms with Crippen molar-refractivity contribution in [3.8, 4) is 0 Å². The molecule has 11 nitrogen and oxygen atoms in total. The Labute approximate surface area is 254 Å². The van der Waals surface area contributed by atoms with E-state index in [2.05, 4.69) is 10.0 Å². The van der Waals surface area contributed by atoms with Crippen molar-refractivity contribution in [2.45, 2.75) is 61.6 Å². The molecule has 0 bridgehead atoms. The number of nitro groups is 1. The second-order valence-corrected chi connectivity index (χ2v) is 14.2. The lowest BCUT2D eigenvalue weighted by molar-refractivity contribution is -0.385. The zero-order valence-corrected chi connectivity index (χ0v) is 25.6. The summed E-state index contributed by atoms with van der Waals surface area (Å²) in [7, 11) is -4.40. The maximum atomic E-state index is 13.8. The Kier molecular flexibility index (Phi) is 9.90. The van der Waals surface area contributed by atoms with Gasteiger partial charge in [-0.3, -0.25) is 19.7 Å². The molecular formula is C30H34N4O7S2. The molecule has 3 atom stereocenters. The van der Waals surface area contributed by atoms with Gasteiger partial charge in [0.05, 0.1) is 21.7 Å². The molecule has 0 radical (unpaired) electrons. The molecule has 0 aromatic heterocycles. The summed E-state index contributed by atoms with van der Waals surface area (Å²) in [5.41, 5.74) is 2.15. The molecule has 0 aliphatic carbocycles. The van der Waals surface area contributed by atoms with Crippen molar-refractivity contribution in [2.75, 3.05) is 5.88 Å². The average Bonchev–Trinajstić information content (AvgIpc) is 3.30. The van der Waals surface area contributed by atoms with Gasteiger partial charge in [-0.25, -0.2) is 13.1 Å². The molecule has 2 amide bonds. The van der Waals surface area contributed by atoms with Gasteiger partial charge in [-0.15, -0.1) is 11.8 Å². The molecule has 0 saturated carbocycles. The molecule has 1 saturated heterocycles. The first-order chi connectivity index (χ1) is 20.3. The highest BCUT2D eigenvalue weighted by Crippen LogP contribution is 2.40. The molecule has 0 spiro atoms. The maximum absolute atomic E-state index is 13.8. The minimum atomic E-state index is -4.40. The molecule has 3 aromatic carbocycles. The topological polar surface area (TPSA) is 159 Å². The molecule has 228 valence electrons. The molecule has 3 aromatic rings. The highest BCUT2D eigenvalue weighted by atomic mass is 32.2. The van der Waals surface area contributed by atoms with E-state index in [0.29, 0.717) is 5.56 Å².